The Morgan fingerprint density at radius 1 is 1.15 bits per heavy atom. The molecule has 0 radical (unpaired) electrons. The van der Waals surface area contributed by atoms with Crippen LogP contribution in [0.2, 0.25) is 0 Å². The average Bonchev–Trinajstić information content (AvgIpc) is 2.53. The summed E-state index contributed by atoms with van der Waals surface area (Å²) in [6.07, 6.45) is 2.72. The summed E-state index contributed by atoms with van der Waals surface area (Å²) in [5.41, 5.74) is 4.70. The molecule has 0 rings (SSSR count). The van der Waals surface area contributed by atoms with Crippen LogP contribution in [0, 0.1) is 0 Å². The van der Waals surface area contributed by atoms with E-state index in [0.717, 1.165) is 0 Å². The van der Waals surface area contributed by atoms with Crippen molar-refractivity contribution in [3.63, 3.8) is 0 Å². The van der Waals surface area contributed by atoms with Crippen molar-refractivity contribution in [2.45, 2.75) is 45.4 Å². The lowest BCUT2D eigenvalue weighted by atomic mass is 10.2. The minimum Gasteiger partial charge on any atom is -0.458 e. The van der Waals surface area contributed by atoms with Crippen molar-refractivity contribution >= 4 is 19.7 Å². The summed E-state index contributed by atoms with van der Waals surface area (Å²) in [6.45, 7) is 12.6. The van der Waals surface area contributed by atoms with E-state index in [4.69, 9.17) is 24.0 Å². The topological polar surface area (TPSA) is 126 Å². The van der Waals surface area contributed by atoms with Gasteiger partial charge in [0.25, 0.3) is 0 Å². The molecule has 0 saturated heterocycles. The maximum Gasteiger partial charge on any atom is 0.475 e. The van der Waals surface area contributed by atoms with Crippen LogP contribution in [0.5, 0.6) is 0 Å². The molecule has 0 spiro atoms. The zero-order chi connectivity index (χ0) is 20.4. The van der Waals surface area contributed by atoms with Crippen molar-refractivity contribution < 1.29 is 32.5 Å². The molecule has 150 valence electrons. The Kier molecular flexibility index (Phi) is 10.6. The average molecular weight is 392 g/mol. The van der Waals surface area contributed by atoms with Gasteiger partial charge in [0, 0.05) is 0 Å². The van der Waals surface area contributed by atoms with Gasteiger partial charge in [-0.25, -0.2) is 9.36 Å². The predicted octanol–water partition coefficient (Wildman–Crippen LogP) is 1.69. The molecule has 0 aliphatic rings. The second-order valence-electron chi connectivity index (χ2n) is 6.30. The normalized spacial score (nSPS) is 14.2. The number of phosphoric acid groups is 1. The Morgan fingerprint density at radius 2 is 1.65 bits per heavy atom. The molecule has 3 N–H and O–H groups in total. The molecule has 1 amide bonds. The first kappa shape index (κ1) is 24.5. The number of amides is 1. The fraction of sp³-hybridized carbons (Fsp3) is 0.625. The highest BCUT2D eigenvalue weighted by atomic mass is 31.2. The highest BCUT2D eigenvalue weighted by Crippen LogP contribution is 2.49. The molecule has 9 nitrogen and oxygen atoms in total. The van der Waals surface area contributed by atoms with Gasteiger partial charge in [0.2, 0.25) is 5.91 Å². The summed E-state index contributed by atoms with van der Waals surface area (Å²) in [5.74, 6) is -1.37. The third kappa shape index (κ3) is 10.5. The molecule has 0 bridgehead atoms. The number of rotatable bonds is 12. The fourth-order valence-corrected chi connectivity index (χ4v) is 2.54. The van der Waals surface area contributed by atoms with Crippen molar-refractivity contribution in [1.29, 1.82) is 0 Å². The first-order chi connectivity index (χ1) is 11.9. The third-order valence-corrected chi connectivity index (χ3v) is 3.92. The van der Waals surface area contributed by atoms with Gasteiger partial charge in [-0.3, -0.25) is 18.4 Å². The van der Waals surface area contributed by atoms with Gasteiger partial charge < -0.3 is 15.8 Å². The van der Waals surface area contributed by atoms with Crippen molar-refractivity contribution in [2.24, 2.45) is 5.73 Å². The highest BCUT2D eigenvalue weighted by Gasteiger charge is 2.33. The third-order valence-electron chi connectivity index (χ3n) is 2.52. The van der Waals surface area contributed by atoms with E-state index >= 15 is 0 Å². The molecule has 0 fully saturated rings. The van der Waals surface area contributed by atoms with E-state index in [9.17, 15) is 14.2 Å². The summed E-state index contributed by atoms with van der Waals surface area (Å²) >= 11 is 0. The van der Waals surface area contributed by atoms with Gasteiger partial charge in [0.15, 0.2) is 6.04 Å². The smallest absolute Gasteiger partial charge is 0.458 e. The number of nitrogens with two attached hydrogens (primary N) is 1. The minimum atomic E-state index is -4.00. The van der Waals surface area contributed by atoms with E-state index < -0.39 is 44.0 Å². The minimum absolute atomic E-state index is 0.0995. The first-order valence-corrected chi connectivity index (χ1v) is 9.44. The van der Waals surface area contributed by atoms with Crippen LogP contribution in [0.3, 0.4) is 0 Å². The number of ether oxygens (including phenoxy) is 1. The maximum absolute atomic E-state index is 12.5. The van der Waals surface area contributed by atoms with Gasteiger partial charge in [0.1, 0.15) is 5.60 Å². The van der Waals surface area contributed by atoms with Crippen molar-refractivity contribution in [3.05, 3.63) is 25.3 Å². The van der Waals surface area contributed by atoms with Crippen LogP contribution in [0.25, 0.3) is 0 Å². The van der Waals surface area contributed by atoms with Gasteiger partial charge >= 0.3 is 13.8 Å². The molecule has 0 heterocycles. The van der Waals surface area contributed by atoms with Crippen LogP contribution in [-0.2, 0) is 32.5 Å². The monoisotopic (exact) mass is 392 g/mol. The SMILES string of the molecule is C=CCOP(=O)(OCC=C)OC[C@H](NC(=O)[C@H](C)N)C(=O)OC(C)(C)C. The van der Waals surface area contributed by atoms with Crippen LogP contribution in [0.15, 0.2) is 25.3 Å². The molecule has 10 heteroatoms. The molecule has 0 aliphatic carbocycles. The molecular formula is C16H29N2O7P. The van der Waals surface area contributed by atoms with Crippen molar-refractivity contribution in [2.75, 3.05) is 19.8 Å². The Hall–Kier alpha value is -1.51. The second kappa shape index (κ2) is 11.3. The number of esters is 1. The summed E-state index contributed by atoms with van der Waals surface area (Å²) in [4.78, 5) is 24.1. The number of carbonyl (C=O) groups is 2. The van der Waals surface area contributed by atoms with E-state index in [2.05, 4.69) is 18.5 Å². The van der Waals surface area contributed by atoms with Crippen LogP contribution in [0.4, 0.5) is 0 Å². The number of phosphoric ester groups is 1. The number of hydrogen-bond acceptors (Lipinski definition) is 8. The van der Waals surface area contributed by atoms with E-state index in [-0.39, 0.29) is 13.2 Å². The van der Waals surface area contributed by atoms with Crippen molar-refractivity contribution in [3.8, 4) is 0 Å². The Morgan fingerprint density at radius 3 is 2.04 bits per heavy atom. The lowest BCUT2D eigenvalue weighted by molar-refractivity contribution is -0.159. The van der Waals surface area contributed by atoms with E-state index in [1.54, 1.807) is 20.8 Å². The number of hydrogen-bond donors (Lipinski definition) is 2. The molecule has 0 aromatic carbocycles. The van der Waals surface area contributed by atoms with Gasteiger partial charge in [0.05, 0.1) is 25.9 Å². The standard InChI is InChI=1S/C16H29N2O7P/c1-7-9-22-26(21,23-10-8-2)24-11-13(18-14(19)12(3)17)15(20)25-16(4,5)6/h7-8,12-13H,1-2,9-11,17H2,3-6H3,(H,18,19)/t12-,13-/m0/s1. The number of nitrogens with one attached hydrogen (secondary N) is 1. The zero-order valence-electron chi connectivity index (χ0n) is 15.7. The molecule has 0 aromatic heterocycles. The first-order valence-electron chi connectivity index (χ1n) is 7.98. The van der Waals surface area contributed by atoms with Crippen LogP contribution >= 0.6 is 7.82 Å². The second-order valence-corrected chi connectivity index (χ2v) is 7.96. The Labute approximate surface area is 154 Å². The lowest BCUT2D eigenvalue weighted by Gasteiger charge is -2.26. The van der Waals surface area contributed by atoms with Gasteiger partial charge in [-0.15, -0.1) is 13.2 Å². The Balaban J connectivity index is 5.19. The maximum atomic E-state index is 12.5. The molecule has 2 atom stereocenters. The summed E-state index contributed by atoms with van der Waals surface area (Å²) in [6, 6.07) is -2.11. The van der Waals surface area contributed by atoms with E-state index in [1.807, 2.05) is 0 Å². The molecule has 0 aromatic rings. The van der Waals surface area contributed by atoms with E-state index in [1.165, 1.54) is 19.1 Å². The van der Waals surface area contributed by atoms with Crippen LogP contribution in [-0.4, -0.2) is 49.4 Å². The molecule has 0 unspecified atom stereocenters. The van der Waals surface area contributed by atoms with Gasteiger partial charge in [-0.2, -0.15) is 0 Å². The Bertz CT molecular complexity index is 527. The van der Waals surface area contributed by atoms with Crippen molar-refractivity contribution in [1.82, 2.24) is 5.32 Å². The van der Waals surface area contributed by atoms with Gasteiger partial charge in [-0.05, 0) is 27.7 Å². The molecule has 0 saturated carbocycles. The predicted molar refractivity (Wildman–Crippen MR) is 97.3 cm³/mol. The van der Waals surface area contributed by atoms with E-state index in [0.29, 0.717) is 0 Å². The quantitative estimate of drug-likeness (QED) is 0.292. The van der Waals surface area contributed by atoms with Gasteiger partial charge in [-0.1, -0.05) is 12.2 Å². The summed E-state index contributed by atoms with van der Waals surface area (Å²) < 4.78 is 33.0. The summed E-state index contributed by atoms with van der Waals surface area (Å²) in [7, 11) is -4.00. The highest BCUT2D eigenvalue weighted by molar-refractivity contribution is 7.48. The molecular weight excluding hydrogens is 363 g/mol. The fourth-order valence-electron chi connectivity index (χ4n) is 1.41. The molecule has 0 aliphatic heterocycles. The van der Waals surface area contributed by atoms with Crippen LogP contribution in [0.1, 0.15) is 27.7 Å². The largest absolute Gasteiger partial charge is 0.475 e. The number of carbonyl (C=O) groups excluding carboxylic acids is 2. The lowest BCUT2D eigenvalue weighted by Crippen LogP contribution is -2.51. The molecule has 26 heavy (non-hydrogen) atoms. The zero-order valence-corrected chi connectivity index (χ0v) is 16.6. The van der Waals surface area contributed by atoms with Crippen LogP contribution < -0.4 is 11.1 Å². The summed E-state index contributed by atoms with van der Waals surface area (Å²) in [5, 5.41) is 2.39.